The van der Waals surface area contributed by atoms with Gasteiger partial charge in [-0.15, -0.1) is 0 Å². The van der Waals surface area contributed by atoms with Crippen molar-refractivity contribution in [2.45, 2.75) is 5.33 Å². The zero-order valence-electron chi connectivity index (χ0n) is 7.51. The Morgan fingerprint density at radius 2 is 2.20 bits per heavy atom. The summed E-state index contributed by atoms with van der Waals surface area (Å²) in [7, 11) is 0. The van der Waals surface area contributed by atoms with Crippen molar-refractivity contribution in [1.29, 1.82) is 0 Å². The van der Waals surface area contributed by atoms with Crippen molar-refractivity contribution in [3.63, 3.8) is 0 Å². The van der Waals surface area contributed by atoms with Crippen molar-refractivity contribution in [1.82, 2.24) is 4.98 Å². The Bertz CT molecular complexity index is 484. The minimum atomic E-state index is -0.330. The van der Waals surface area contributed by atoms with Crippen LogP contribution in [0.2, 0.25) is 0 Å². The summed E-state index contributed by atoms with van der Waals surface area (Å²) in [5, 5.41) is 0.536. The summed E-state index contributed by atoms with van der Waals surface area (Å²) >= 11 is 6.47. The Morgan fingerprint density at radius 3 is 2.87 bits per heavy atom. The van der Waals surface area contributed by atoms with Crippen molar-refractivity contribution < 1.29 is 8.81 Å². The van der Waals surface area contributed by atoms with Gasteiger partial charge in [-0.3, -0.25) is 0 Å². The van der Waals surface area contributed by atoms with E-state index in [-0.39, 0.29) is 5.82 Å². The Hall–Kier alpha value is -0.680. The summed E-state index contributed by atoms with van der Waals surface area (Å²) in [6.45, 7) is 0. The van der Waals surface area contributed by atoms with Gasteiger partial charge in [0.2, 0.25) is 0 Å². The Kier molecular flexibility index (Phi) is 3.21. The van der Waals surface area contributed by atoms with E-state index in [4.69, 9.17) is 4.42 Å². The normalized spacial score (nSPS) is 10.6. The molecule has 0 amide bonds. The molecule has 0 aliphatic rings. The number of alkyl halides is 1. The molecule has 2 rings (SSSR count). The smallest absolute Gasteiger partial charge is 0.181 e. The van der Waals surface area contributed by atoms with Crippen LogP contribution in [0.25, 0.3) is 11.3 Å². The third kappa shape index (κ3) is 2.13. The highest BCUT2D eigenvalue weighted by molar-refractivity contribution is 9.10. The van der Waals surface area contributed by atoms with Gasteiger partial charge >= 0.3 is 0 Å². The molecule has 0 aliphatic carbocycles. The number of oxazole rings is 1. The van der Waals surface area contributed by atoms with E-state index in [1.807, 2.05) is 0 Å². The first-order valence-electron chi connectivity index (χ1n) is 4.16. The molecule has 2 aromatic rings. The van der Waals surface area contributed by atoms with Crippen molar-refractivity contribution in [2.24, 2.45) is 0 Å². The lowest BCUT2D eigenvalue weighted by Crippen LogP contribution is -1.87. The lowest BCUT2D eigenvalue weighted by Gasteiger charge is -2.01. The average molecular weight is 335 g/mol. The Balaban J connectivity index is 2.54. The third-order valence-corrected chi connectivity index (χ3v) is 2.97. The van der Waals surface area contributed by atoms with E-state index in [9.17, 15) is 4.39 Å². The second kappa shape index (κ2) is 4.45. The first kappa shape index (κ1) is 10.8. The molecule has 0 radical (unpaired) electrons. The van der Waals surface area contributed by atoms with Gasteiger partial charge in [0.05, 0.1) is 11.3 Å². The largest absolute Gasteiger partial charge is 0.443 e. The van der Waals surface area contributed by atoms with Crippen LogP contribution < -0.4 is 0 Å². The summed E-state index contributed by atoms with van der Waals surface area (Å²) in [5.74, 6) is 0.139. The molecular formula is C10H6Br2FNO. The monoisotopic (exact) mass is 333 g/mol. The zero-order chi connectivity index (χ0) is 10.8. The number of nitrogens with zero attached hydrogens (tertiary/aromatic N) is 1. The van der Waals surface area contributed by atoms with Gasteiger partial charge in [-0.1, -0.05) is 31.9 Å². The number of hydrogen-bond donors (Lipinski definition) is 0. The molecule has 15 heavy (non-hydrogen) atoms. The molecule has 5 heteroatoms. The predicted octanol–water partition coefficient (Wildman–Crippen LogP) is 4.14. The summed E-state index contributed by atoms with van der Waals surface area (Å²) in [4.78, 5) is 3.98. The van der Waals surface area contributed by atoms with Gasteiger partial charge in [0.15, 0.2) is 12.2 Å². The van der Waals surface area contributed by atoms with Crippen LogP contribution in [0.1, 0.15) is 5.69 Å². The van der Waals surface area contributed by atoms with Crippen LogP contribution in [0.3, 0.4) is 0 Å². The highest BCUT2D eigenvalue weighted by Crippen LogP contribution is 2.28. The number of aromatic nitrogens is 1. The van der Waals surface area contributed by atoms with Gasteiger partial charge in [0, 0.05) is 9.80 Å². The van der Waals surface area contributed by atoms with Gasteiger partial charge in [-0.25, -0.2) is 9.37 Å². The highest BCUT2D eigenvalue weighted by Gasteiger charge is 2.13. The lowest BCUT2D eigenvalue weighted by molar-refractivity contribution is 0.560. The van der Waals surface area contributed by atoms with Gasteiger partial charge in [-0.05, 0) is 18.2 Å². The van der Waals surface area contributed by atoms with Gasteiger partial charge in [0.1, 0.15) is 5.82 Å². The van der Waals surface area contributed by atoms with Crippen LogP contribution in [0.15, 0.2) is 33.5 Å². The molecule has 0 fully saturated rings. The summed E-state index contributed by atoms with van der Waals surface area (Å²) in [6, 6.07) is 4.82. The second-order valence-corrected chi connectivity index (χ2v) is 4.36. The Labute approximate surface area is 103 Å². The molecule has 78 valence electrons. The van der Waals surface area contributed by atoms with Gasteiger partial charge < -0.3 is 4.42 Å². The topological polar surface area (TPSA) is 26.0 Å². The molecule has 0 spiro atoms. The van der Waals surface area contributed by atoms with E-state index >= 15 is 0 Å². The van der Waals surface area contributed by atoms with Crippen molar-refractivity contribution in [3.8, 4) is 11.3 Å². The van der Waals surface area contributed by atoms with Gasteiger partial charge in [-0.2, -0.15) is 0 Å². The quantitative estimate of drug-likeness (QED) is 0.771. The fourth-order valence-corrected chi connectivity index (χ4v) is 1.99. The molecule has 0 N–H and O–H groups in total. The molecule has 0 unspecified atom stereocenters. The van der Waals surface area contributed by atoms with E-state index in [1.54, 1.807) is 12.1 Å². The Morgan fingerprint density at radius 1 is 1.40 bits per heavy atom. The zero-order valence-corrected chi connectivity index (χ0v) is 10.7. The molecular weight excluding hydrogens is 329 g/mol. The first-order valence-corrected chi connectivity index (χ1v) is 6.07. The fourth-order valence-electron chi connectivity index (χ4n) is 1.26. The minimum absolute atomic E-state index is 0.330. The average Bonchev–Trinajstić information content (AvgIpc) is 2.65. The van der Waals surface area contributed by atoms with E-state index in [1.165, 1.54) is 12.5 Å². The van der Waals surface area contributed by atoms with Crippen LogP contribution >= 0.6 is 31.9 Å². The molecule has 0 bridgehead atoms. The third-order valence-electron chi connectivity index (χ3n) is 1.94. The molecule has 2 nitrogen and oxygen atoms in total. The van der Waals surface area contributed by atoms with Crippen LogP contribution in [-0.4, -0.2) is 4.98 Å². The molecule has 0 saturated carbocycles. The van der Waals surface area contributed by atoms with Crippen LogP contribution in [0.4, 0.5) is 4.39 Å². The molecule has 1 aromatic carbocycles. The summed E-state index contributed by atoms with van der Waals surface area (Å²) in [5.41, 5.74) is 1.11. The first-order chi connectivity index (χ1) is 7.22. The minimum Gasteiger partial charge on any atom is -0.443 e. The van der Waals surface area contributed by atoms with Crippen LogP contribution in [0, 0.1) is 5.82 Å². The van der Waals surface area contributed by atoms with Crippen molar-refractivity contribution >= 4 is 31.9 Å². The second-order valence-electron chi connectivity index (χ2n) is 2.89. The number of benzene rings is 1. The number of hydrogen-bond acceptors (Lipinski definition) is 2. The lowest BCUT2D eigenvalue weighted by atomic mass is 10.1. The van der Waals surface area contributed by atoms with Crippen LogP contribution in [0.5, 0.6) is 0 Å². The van der Waals surface area contributed by atoms with Crippen molar-refractivity contribution in [2.75, 3.05) is 0 Å². The highest BCUT2D eigenvalue weighted by atomic mass is 79.9. The molecule has 0 saturated heterocycles. The molecule has 1 aromatic heterocycles. The number of halogens is 3. The maximum atomic E-state index is 13.6. The van der Waals surface area contributed by atoms with E-state index < -0.39 is 0 Å². The molecule has 0 atom stereocenters. The van der Waals surface area contributed by atoms with E-state index in [2.05, 4.69) is 36.8 Å². The van der Waals surface area contributed by atoms with E-state index in [0.717, 1.165) is 0 Å². The summed E-state index contributed by atoms with van der Waals surface area (Å²) in [6.07, 6.45) is 1.31. The SMILES string of the molecule is Fc1cc(Br)ccc1-c1ocnc1CBr. The number of rotatable bonds is 2. The maximum Gasteiger partial charge on any atom is 0.181 e. The van der Waals surface area contributed by atoms with E-state index in [0.29, 0.717) is 26.8 Å². The molecule has 0 aliphatic heterocycles. The maximum absolute atomic E-state index is 13.6. The summed E-state index contributed by atoms with van der Waals surface area (Å²) < 4.78 is 19.5. The van der Waals surface area contributed by atoms with Crippen LogP contribution in [-0.2, 0) is 5.33 Å². The predicted molar refractivity (Wildman–Crippen MR) is 62.2 cm³/mol. The fraction of sp³-hybridized carbons (Fsp3) is 0.100. The van der Waals surface area contributed by atoms with Gasteiger partial charge in [0.25, 0.3) is 0 Å². The standard InChI is InChI=1S/C10H6Br2FNO/c11-4-9-10(15-5-14-9)7-2-1-6(12)3-8(7)13/h1-3,5H,4H2. The molecule has 1 heterocycles. The van der Waals surface area contributed by atoms with Crippen molar-refractivity contribution in [3.05, 3.63) is 40.6 Å².